The van der Waals surface area contributed by atoms with Crippen molar-refractivity contribution in [3.8, 4) is 0 Å². The molecule has 1 aliphatic heterocycles. The molecule has 1 aromatic rings. The first-order valence-corrected chi connectivity index (χ1v) is 6.34. The van der Waals surface area contributed by atoms with Gasteiger partial charge in [0, 0.05) is 6.07 Å². The molecule has 0 radical (unpaired) electrons. The van der Waals surface area contributed by atoms with Gasteiger partial charge in [-0.05, 0) is 12.5 Å². The number of hydrogen-bond donors (Lipinski definition) is 1. The Balaban J connectivity index is 2.54. The van der Waals surface area contributed by atoms with E-state index in [2.05, 4.69) is 0 Å². The fourth-order valence-electron chi connectivity index (χ4n) is 2.39. The Labute approximate surface area is 119 Å². The topological polar surface area (TPSA) is 124 Å². The van der Waals surface area contributed by atoms with Gasteiger partial charge < -0.3 is 5.73 Å². The standard InChI is InChI=1S/C13H13N3O5/c1-2-4-9(11(14)17)15-12(18)7-5-3-6-8(16(20)21)10(7)13(15)19/h3,5-6,9H,2,4H2,1H3,(H2,14,17). The van der Waals surface area contributed by atoms with Gasteiger partial charge in [-0.1, -0.05) is 19.4 Å². The Morgan fingerprint density at radius 1 is 1.38 bits per heavy atom. The third-order valence-electron chi connectivity index (χ3n) is 3.32. The molecule has 1 heterocycles. The Hall–Kier alpha value is -2.77. The van der Waals surface area contributed by atoms with Crippen molar-refractivity contribution >= 4 is 23.4 Å². The molecule has 0 aliphatic carbocycles. The van der Waals surface area contributed by atoms with Crippen LogP contribution >= 0.6 is 0 Å². The highest BCUT2D eigenvalue weighted by Gasteiger charge is 2.45. The summed E-state index contributed by atoms with van der Waals surface area (Å²) in [6.07, 6.45) is 0.748. The summed E-state index contributed by atoms with van der Waals surface area (Å²) in [6, 6.07) is 2.70. The minimum absolute atomic E-state index is 0.0726. The summed E-state index contributed by atoms with van der Waals surface area (Å²) in [5, 5.41) is 11.0. The van der Waals surface area contributed by atoms with Crippen molar-refractivity contribution in [3.63, 3.8) is 0 Å². The van der Waals surface area contributed by atoms with Crippen LogP contribution in [0.25, 0.3) is 0 Å². The molecule has 0 saturated carbocycles. The largest absolute Gasteiger partial charge is 0.368 e. The Morgan fingerprint density at radius 2 is 2.05 bits per heavy atom. The lowest BCUT2D eigenvalue weighted by Gasteiger charge is -2.22. The number of nitro groups is 1. The first-order chi connectivity index (χ1) is 9.90. The third kappa shape index (κ3) is 2.24. The highest BCUT2D eigenvalue weighted by atomic mass is 16.6. The van der Waals surface area contributed by atoms with Gasteiger partial charge >= 0.3 is 0 Å². The number of carbonyl (C=O) groups excluding carboxylic acids is 3. The van der Waals surface area contributed by atoms with Crippen molar-refractivity contribution in [1.82, 2.24) is 4.90 Å². The van der Waals surface area contributed by atoms with E-state index in [1.807, 2.05) is 0 Å². The average molecular weight is 291 g/mol. The number of carbonyl (C=O) groups is 3. The first kappa shape index (κ1) is 14.6. The number of benzene rings is 1. The van der Waals surface area contributed by atoms with Gasteiger partial charge in [0.25, 0.3) is 17.5 Å². The molecular formula is C13H13N3O5. The fourth-order valence-corrected chi connectivity index (χ4v) is 2.39. The van der Waals surface area contributed by atoms with Crippen LogP contribution in [0.1, 0.15) is 40.5 Å². The monoisotopic (exact) mass is 291 g/mol. The van der Waals surface area contributed by atoms with Gasteiger partial charge in [0.2, 0.25) is 5.91 Å². The average Bonchev–Trinajstić information content (AvgIpc) is 2.68. The van der Waals surface area contributed by atoms with E-state index >= 15 is 0 Å². The molecule has 21 heavy (non-hydrogen) atoms. The molecule has 0 aromatic heterocycles. The smallest absolute Gasteiger partial charge is 0.282 e. The highest BCUT2D eigenvalue weighted by Crippen LogP contribution is 2.32. The van der Waals surface area contributed by atoms with E-state index in [9.17, 15) is 24.5 Å². The molecule has 0 fully saturated rings. The molecule has 0 spiro atoms. The van der Waals surface area contributed by atoms with Gasteiger partial charge in [-0.2, -0.15) is 0 Å². The van der Waals surface area contributed by atoms with Crippen LogP contribution in [0.3, 0.4) is 0 Å². The number of amides is 3. The zero-order chi connectivity index (χ0) is 15.7. The van der Waals surface area contributed by atoms with Gasteiger partial charge in [-0.25, -0.2) is 0 Å². The maximum absolute atomic E-state index is 12.3. The van der Waals surface area contributed by atoms with Crippen molar-refractivity contribution in [2.24, 2.45) is 5.73 Å². The summed E-state index contributed by atoms with van der Waals surface area (Å²) in [6.45, 7) is 1.77. The molecule has 1 aliphatic rings. The zero-order valence-electron chi connectivity index (χ0n) is 11.2. The van der Waals surface area contributed by atoms with Crippen LogP contribution in [0.15, 0.2) is 18.2 Å². The quantitative estimate of drug-likeness (QED) is 0.489. The van der Waals surface area contributed by atoms with Gasteiger partial charge in [0.1, 0.15) is 11.6 Å². The number of nitrogens with two attached hydrogens (primary N) is 1. The molecule has 2 rings (SSSR count). The SMILES string of the molecule is CCCC(C(N)=O)N1C(=O)c2cccc([N+](=O)[O-])c2C1=O. The van der Waals surface area contributed by atoms with E-state index in [0.29, 0.717) is 6.42 Å². The summed E-state index contributed by atoms with van der Waals surface area (Å²) in [4.78, 5) is 47.1. The van der Waals surface area contributed by atoms with E-state index in [4.69, 9.17) is 5.73 Å². The minimum atomic E-state index is -1.10. The molecular weight excluding hydrogens is 278 g/mol. The van der Waals surface area contributed by atoms with Crippen LogP contribution in [-0.4, -0.2) is 33.6 Å². The van der Waals surface area contributed by atoms with Gasteiger partial charge in [-0.3, -0.25) is 29.4 Å². The van der Waals surface area contributed by atoms with E-state index in [1.54, 1.807) is 6.92 Å². The van der Waals surface area contributed by atoms with E-state index in [-0.39, 0.29) is 17.5 Å². The summed E-state index contributed by atoms with van der Waals surface area (Å²) in [7, 11) is 0. The maximum Gasteiger partial charge on any atom is 0.282 e. The zero-order valence-corrected chi connectivity index (χ0v) is 11.2. The molecule has 2 N–H and O–H groups in total. The van der Waals surface area contributed by atoms with E-state index in [1.165, 1.54) is 12.1 Å². The van der Waals surface area contributed by atoms with Gasteiger partial charge in [0.05, 0.1) is 10.5 Å². The Bertz CT molecular complexity index is 655. The van der Waals surface area contributed by atoms with Crippen LogP contribution in [-0.2, 0) is 4.79 Å². The Kier molecular flexibility index (Phi) is 3.70. The van der Waals surface area contributed by atoms with Crippen LogP contribution in [0.2, 0.25) is 0 Å². The lowest BCUT2D eigenvalue weighted by molar-refractivity contribution is -0.385. The second-order valence-electron chi connectivity index (χ2n) is 4.64. The van der Waals surface area contributed by atoms with Crippen LogP contribution in [0.5, 0.6) is 0 Å². The number of nitro benzene ring substituents is 1. The third-order valence-corrected chi connectivity index (χ3v) is 3.32. The van der Waals surface area contributed by atoms with Crippen molar-refractivity contribution in [1.29, 1.82) is 0 Å². The number of rotatable bonds is 5. The second-order valence-corrected chi connectivity index (χ2v) is 4.64. The number of imide groups is 1. The molecule has 1 unspecified atom stereocenters. The molecule has 3 amide bonds. The molecule has 0 saturated heterocycles. The van der Waals surface area contributed by atoms with Crippen LogP contribution < -0.4 is 5.73 Å². The molecule has 1 aromatic carbocycles. The number of hydrogen-bond acceptors (Lipinski definition) is 5. The predicted molar refractivity (Wildman–Crippen MR) is 71.5 cm³/mol. The summed E-state index contributed by atoms with van der Waals surface area (Å²) in [5.74, 6) is -2.38. The molecule has 8 nitrogen and oxygen atoms in total. The number of nitrogens with zero attached hydrogens (tertiary/aromatic N) is 2. The van der Waals surface area contributed by atoms with Crippen LogP contribution in [0.4, 0.5) is 5.69 Å². The molecule has 110 valence electrons. The maximum atomic E-state index is 12.3. The van der Waals surface area contributed by atoms with E-state index < -0.39 is 34.4 Å². The van der Waals surface area contributed by atoms with E-state index in [0.717, 1.165) is 11.0 Å². The first-order valence-electron chi connectivity index (χ1n) is 6.34. The molecule has 1 atom stereocenters. The highest BCUT2D eigenvalue weighted by molar-refractivity contribution is 6.24. The van der Waals surface area contributed by atoms with Crippen molar-refractivity contribution in [2.75, 3.05) is 0 Å². The van der Waals surface area contributed by atoms with Crippen LogP contribution in [0, 0.1) is 10.1 Å². The van der Waals surface area contributed by atoms with Crippen molar-refractivity contribution in [2.45, 2.75) is 25.8 Å². The summed E-state index contributed by atoms with van der Waals surface area (Å²) in [5.41, 5.74) is 4.43. The molecule has 8 heteroatoms. The van der Waals surface area contributed by atoms with Gasteiger partial charge in [-0.15, -0.1) is 0 Å². The second kappa shape index (κ2) is 5.31. The van der Waals surface area contributed by atoms with Gasteiger partial charge in [0.15, 0.2) is 0 Å². The summed E-state index contributed by atoms with van der Waals surface area (Å²) < 4.78 is 0. The fraction of sp³-hybridized carbons (Fsp3) is 0.308. The summed E-state index contributed by atoms with van der Waals surface area (Å²) >= 11 is 0. The normalized spacial score (nSPS) is 15.0. The molecule has 0 bridgehead atoms. The number of fused-ring (bicyclic) bond motifs is 1. The lowest BCUT2D eigenvalue weighted by atomic mass is 10.1. The van der Waals surface area contributed by atoms with Crippen molar-refractivity contribution < 1.29 is 19.3 Å². The minimum Gasteiger partial charge on any atom is -0.368 e. The van der Waals surface area contributed by atoms with Crippen molar-refractivity contribution in [3.05, 3.63) is 39.4 Å². The predicted octanol–water partition coefficient (Wildman–Crippen LogP) is 0.845. The Morgan fingerprint density at radius 3 is 2.57 bits per heavy atom. The lowest BCUT2D eigenvalue weighted by Crippen LogP contribution is -2.47. The number of primary amides is 1.